The minimum atomic E-state index is -0.573. The third-order valence-electron chi connectivity index (χ3n) is 5.29. The molecule has 1 fully saturated rings. The van der Waals surface area contributed by atoms with E-state index in [1.807, 2.05) is 6.92 Å². The maximum absolute atomic E-state index is 13.0. The highest BCUT2D eigenvalue weighted by molar-refractivity contribution is 6.34. The third-order valence-corrected chi connectivity index (χ3v) is 5.57. The lowest BCUT2D eigenvalue weighted by atomic mass is 10.2. The number of carbonyl (C=O) groups is 3. The number of hydrogen-bond donors (Lipinski definition) is 1. The Labute approximate surface area is 191 Å². The normalized spacial score (nSPS) is 14.9. The average Bonchev–Trinajstić information content (AvgIpc) is 3.35. The van der Waals surface area contributed by atoms with Crippen molar-refractivity contribution in [1.82, 2.24) is 29.4 Å². The van der Waals surface area contributed by atoms with Gasteiger partial charge in [-0.15, -0.1) is 0 Å². The molecule has 174 valence electrons. The largest absolute Gasteiger partial charge is 0.450 e. The molecule has 0 radical (unpaired) electrons. The summed E-state index contributed by atoms with van der Waals surface area (Å²) in [5, 5.41) is 11.6. The summed E-state index contributed by atoms with van der Waals surface area (Å²) in [6.45, 7) is 9.74. The average molecular weight is 466 g/mol. The molecule has 0 saturated carbocycles. The van der Waals surface area contributed by atoms with E-state index in [9.17, 15) is 14.4 Å². The zero-order valence-electron chi connectivity index (χ0n) is 18.7. The van der Waals surface area contributed by atoms with Gasteiger partial charge in [0.1, 0.15) is 6.04 Å². The van der Waals surface area contributed by atoms with Gasteiger partial charge in [-0.25, -0.2) is 4.79 Å². The molecule has 0 aliphatic carbocycles. The highest BCUT2D eigenvalue weighted by atomic mass is 35.5. The molecule has 1 aliphatic rings. The number of rotatable bonds is 6. The number of carbonyl (C=O) groups excluding carboxylic acids is 3. The first-order chi connectivity index (χ1) is 15.2. The maximum Gasteiger partial charge on any atom is 0.409 e. The van der Waals surface area contributed by atoms with Gasteiger partial charge in [0.05, 0.1) is 23.0 Å². The van der Waals surface area contributed by atoms with Crippen LogP contribution in [0.3, 0.4) is 0 Å². The zero-order chi connectivity index (χ0) is 23.4. The van der Waals surface area contributed by atoms with Crippen molar-refractivity contribution >= 4 is 35.2 Å². The van der Waals surface area contributed by atoms with Crippen LogP contribution in [0.4, 0.5) is 10.5 Å². The second-order valence-electron chi connectivity index (χ2n) is 7.43. The van der Waals surface area contributed by atoms with E-state index < -0.39 is 11.9 Å². The van der Waals surface area contributed by atoms with E-state index in [-0.39, 0.29) is 22.7 Å². The van der Waals surface area contributed by atoms with Crippen molar-refractivity contribution in [1.29, 1.82) is 0 Å². The van der Waals surface area contributed by atoms with Crippen LogP contribution in [0.15, 0.2) is 12.4 Å². The Kier molecular flexibility index (Phi) is 7.39. The Bertz CT molecular complexity index is 994. The fraction of sp³-hybridized carbons (Fsp3) is 0.550. The first-order valence-corrected chi connectivity index (χ1v) is 10.9. The Hall–Kier alpha value is -3.08. The predicted octanol–water partition coefficient (Wildman–Crippen LogP) is 2.18. The predicted molar refractivity (Wildman–Crippen MR) is 118 cm³/mol. The third kappa shape index (κ3) is 5.04. The van der Waals surface area contributed by atoms with Crippen molar-refractivity contribution in [3.63, 3.8) is 0 Å². The van der Waals surface area contributed by atoms with Gasteiger partial charge in [-0.3, -0.25) is 19.0 Å². The quantitative estimate of drug-likeness (QED) is 0.699. The number of nitrogens with zero attached hydrogens (tertiary/aromatic N) is 6. The Morgan fingerprint density at radius 2 is 1.78 bits per heavy atom. The van der Waals surface area contributed by atoms with Gasteiger partial charge in [0.15, 0.2) is 5.69 Å². The summed E-state index contributed by atoms with van der Waals surface area (Å²) in [5.41, 5.74) is 1.17. The van der Waals surface area contributed by atoms with Crippen LogP contribution in [0.1, 0.15) is 43.0 Å². The van der Waals surface area contributed by atoms with Crippen LogP contribution in [0.25, 0.3) is 0 Å². The molecule has 12 heteroatoms. The molecule has 11 nitrogen and oxygen atoms in total. The minimum Gasteiger partial charge on any atom is -0.450 e. The van der Waals surface area contributed by atoms with Gasteiger partial charge >= 0.3 is 6.09 Å². The molecule has 0 aromatic carbocycles. The van der Waals surface area contributed by atoms with Crippen molar-refractivity contribution in [2.45, 2.75) is 40.3 Å². The van der Waals surface area contributed by atoms with E-state index in [1.54, 1.807) is 47.6 Å². The molecule has 1 N–H and O–H groups in total. The van der Waals surface area contributed by atoms with E-state index in [1.165, 1.54) is 4.68 Å². The summed E-state index contributed by atoms with van der Waals surface area (Å²) in [6.07, 6.45) is 2.85. The van der Waals surface area contributed by atoms with Crippen molar-refractivity contribution in [3.05, 3.63) is 28.8 Å². The lowest BCUT2D eigenvalue weighted by Crippen LogP contribution is -2.52. The second-order valence-corrected chi connectivity index (χ2v) is 7.84. The van der Waals surface area contributed by atoms with E-state index in [4.69, 9.17) is 16.3 Å². The lowest BCUT2D eigenvalue weighted by Gasteiger charge is -2.35. The highest BCUT2D eigenvalue weighted by Gasteiger charge is 2.29. The molecule has 0 spiro atoms. The van der Waals surface area contributed by atoms with Gasteiger partial charge < -0.3 is 19.9 Å². The maximum atomic E-state index is 13.0. The highest BCUT2D eigenvalue weighted by Crippen LogP contribution is 2.21. The monoisotopic (exact) mass is 465 g/mol. The van der Waals surface area contributed by atoms with Crippen molar-refractivity contribution in [3.8, 4) is 0 Å². The van der Waals surface area contributed by atoms with Crippen LogP contribution >= 0.6 is 11.6 Å². The van der Waals surface area contributed by atoms with E-state index in [0.717, 1.165) is 0 Å². The number of ether oxygens (including phenoxy) is 1. The van der Waals surface area contributed by atoms with E-state index in [2.05, 4.69) is 15.5 Å². The second kappa shape index (κ2) is 10.0. The standard InChI is InChI=1S/C20H28ClN7O4/c1-5-27-11-15(21)17(24-27)18(29)22-16-12-28(23-13(16)3)14(4)19(30)25-7-9-26(10-8-25)20(31)32-6-2/h11-12,14H,5-10H2,1-4H3,(H,22,29). The summed E-state index contributed by atoms with van der Waals surface area (Å²) in [7, 11) is 0. The molecule has 1 saturated heterocycles. The fourth-order valence-corrected chi connectivity index (χ4v) is 3.64. The van der Waals surface area contributed by atoms with Gasteiger partial charge in [0, 0.05) is 45.1 Å². The number of hydrogen-bond acceptors (Lipinski definition) is 6. The molecular weight excluding hydrogens is 438 g/mol. The summed E-state index contributed by atoms with van der Waals surface area (Å²) in [6, 6.07) is -0.573. The number of aryl methyl sites for hydroxylation is 2. The van der Waals surface area contributed by atoms with Gasteiger partial charge in [0.25, 0.3) is 5.91 Å². The SMILES string of the molecule is CCOC(=O)N1CCN(C(=O)C(C)n2cc(NC(=O)c3nn(CC)cc3Cl)c(C)n2)CC1. The topological polar surface area (TPSA) is 115 Å². The van der Waals surface area contributed by atoms with Crippen molar-refractivity contribution < 1.29 is 19.1 Å². The van der Waals surface area contributed by atoms with Crippen LogP contribution < -0.4 is 5.32 Å². The molecule has 32 heavy (non-hydrogen) atoms. The first-order valence-electron chi connectivity index (χ1n) is 10.6. The summed E-state index contributed by atoms with van der Waals surface area (Å²) >= 11 is 6.11. The summed E-state index contributed by atoms with van der Waals surface area (Å²) in [4.78, 5) is 40.7. The zero-order valence-corrected chi connectivity index (χ0v) is 19.4. The minimum absolute atomic E-state index is 0.112. The molecule has 2 aromatic rings. The van der Waals surface area contributed by atoms with Crippen molar-refractivity contribution in [2.75, 3.05) is 38.1 Å². The van der Waals surface area contributed by atoms with Gasteiger partial charge in [-0.1, -0.05) is 11.6 Å². The summed E-state index contributed by atoms with van der Waals surface area (Å²) < 4.78 is 8.11. The number of nitrogens with one attached hydrogen (secondary N) is 1. The Morgan fingerprint density at radius 3 is 2.38 bits per heavy atom. The van der Waals surface area contributed by atoms with Gasteiger partial charge in [0.2, 0.25) is 5.91 Å². The lowest BCUT2D eigenvalue weighted by molar-refractivity contribution is -0.136. The van der Waals surface area contributed by atoms with Crippen LogP contribution in [0.2, 0.25) is 5.02 Å². The molecular formula is C20H28ClN7O4. The van der Waals surface area contributed by atoms with Crippen LogP contribution in [-0.4, -0.2) is 80.1 Å². The molecule has 1 unspecified atom stereocenters. The molecule has 3 heterocycles. The van der Waals surface area contributed by atoms with E-state index >= 15 is 0 Å². The summed E-state index contributed by atoms with van der Waals surface area (Å²) in [5.74, 6) is -0.558. The first kappa shape index (κ1) is 23.6. The number of piperazine rings is 1. The molecule has 1 atom stereocenters. The molecule has 3 amide bonds. The number of halogens is 1. The van der Waals surface area contributed by atoms with Gasteiger partial charge in [-0.2, -0.15) is 10.2 Å². The molecule has 3 rings (SSSR count). The Morgan fingerprint density at radius 1 is 1.12 bits per heavy atom. The van der Waals surface area contributed by atoms with Crippen molar-refractivity contribution in [2.24, 2.45) is 0 Å². The molecule has 1 aliphatic heterocycles. The number of anilines is 1. The smallest absolute Gasteiger partial charge is 0.409 e. The number of aromatic nitrogens is 4. The van der Waals surface area contributed by atoms with E-state index in [0.29, 0.717) is 50.7 Å². The molecule has 0 bridgehead atoms. The molecule has 2 aromatic heterocycles. The fourth-order valence-electron chi connectivity index (χ4n) is 3.40. The van der Waals surface area contributed by atoms with Crippen LogP contribution in [0, 0.1) is 6.92 Å². The van der Waals surface area contributed by atoms with Crippen LogP contribution in [0.5, 0.6) is 0 Å². The number of amides is 3. The van der Waals surface area contributed by atoms with Crippen LogP contribution in [-0.2, 0) is 16.1 Å². The Balaban J connectivity index is 1.63. The van der Waals surface area contributed by atoms with Gasteiger partial charge in [-0.05, 0) is 27.7 Å².